The van der Waals surface area contributed by atoms with Crippen molar-refractivity contribution in [3.05, 3.63) is 12.2 Å². The van der Waals surface area contributed by atoms with Gasteiger partial charge in [-0.05, 0) is 31.6 Å². The third-order valence-corrected chi connectivity index (χ3v) is 2.54. The maximum Gasteiger partial charge on any atom is 0.305 e. The maximum atomic E-state index is 11.4. The summed E-state index contributed by atoms with van der Waals surface area (Å²) in [6.07, 6.45) is 7.91. The number of hydrogen-bond donors (Lipinski definition) is 0. The molecular formula is C16H28O4. The van der Waals surface area contributed by atoms with Gasteiger partial charge in [0.15, 0.2) is 0 Å². The lowest BCUT2D eigenvalue weighted by molar-refractivity contribution is -0.146. The van der Waals surface area contributed by atoms with Gasteiger partial charge >= 0.3 is 11.9 Å². The van der Waals surface area contributed by atoms with Crippen LogP contribution < -0.4 is 0 Å². The minimum atomic E-state index is -0.189. The summed E-state index contributed by atoms with van der Waals surface area (Å²) < 4.78 is 10.1. The van der Waals surface area contributed by atoms with Crippen molar-refractivity contribution in [2.24, 2.45) is 5.92 Å². The second kappa shape index (κ2) is 12.7. The maximum absolute atomic E-state index is 11.4. The normalized spacial score (nSPS) is 11.0. The Kier molecular flexibility index (Phi) is 11.9. The van der Waals surface area contributed by atoms with Crippen LogP contribution in [-0.2, 0) is 19.1 Å². The van der Waals surface area contributed by atoms with Crippen LogP contribution in [0.5, 0.6) is 0 Å². The summed E-state index contributed by atoms with van der Waals surface area (Å²) in [7, 11) is 0. The number of hydrogen-bond acceptors (Lipinski definition) is 4. The zero-order valence-electron chi connectivity index (χ0n) is 13.0. The summed E-state index contributed by atoms with van der Waals surface area (Å²) in [4.78, 5) is 22.7. The predicted octanol–water partition coefficient (Wildman–Crippen LogP) is 3.65. The van der Waals surface area contributed by atoms with Crippen molar-refractivity contribution in [2.75, 3.05) is 13.2 Å². The minimum Gasteiger partial charge on any atom is -0.465 e. The molecule has 4 nitrogen and oxygen atoms in total. The molecule has 0 saturated carbocycles. The highest BCUT2D eigenvalue weighted by Gasteiger charge is 2.06. The number of unbranched alkanes of at least 4 members (excludes halogenated alkanes) is 1. The summed E-state index contributed by atoms with van der Waals surface area (Å²) in [5.74, 6) is -0.0158. The van der Waals surface area contributed by atoms with Crippen molar-refractivity contribution in [3.63, 3.8) is 0 Å². The van der Waals surface area contributed by atoms with Gasteiger partial charge in [0.2, 0.25) is 0 Å². The van der Waals surface area contributed by atoms with Crippen molar-refractivity contribution in [3.8, 4) is 0 Å². The molecule has 0 atom stereocenters. The zero-order valence-corrected chi connectivity index (χ0v) is 13.0. The Morgan fingerprint density at radius 2 is 1.60 bits per heavy atom. The summed E-state index contributed by atoms with van der Waals surface area (Å²) in [5, 5.41) is 0. The van der Waals surface area contributed by atoms with Crippen molar-refractivity contribution >= 4 is 11.9 Å². The zero-order chi connectivity index (χ0) is 15.2. The molecule has 0 aromatic rings. The van der Waals surface area contributed by atoms with E-state index in [1.165, 1.54) is 0 Å². The number of carbonyl (C=O) groups excluding carboxylic acids is 2. The Morgan fingerprint density at radius 1 is 1.00 bits per heavy atom. The molecule has 0 saturated heterocycles. The molecule has 0 heterocycles. The molecule has 0 aliphatic rings. The van der Waals surface area contributed by atoms with E-state index in [4.69, 9.17) is 9.47 Å². The van der Waals surface area contributed by atoms with Crippen molar-refractivity contribution in [1.29, 1.82) is 0 Å². The fourth-order valence-corrected chi connectivity index (χ4v) is 1.47. The van der Waals surface area contributed by atoms with Gasteiger partial charge in [-0.2, -0.15) is 0 Å². The fraction of sp³-hybridized carbons (Fsp3) is 0.750. The van der Waals surface area contributed by atoms with Crippen LogP contribution in [0.1, 0.15) is 59.3 Å². The van der Waals surface area contributed by atoms with Gasteiger partial charge < -0.3 is 9.47 Å². The number of esters is 2. The van der Waals surface area contributed by atoms with E-state index in [9.17, 15) is 9.59 Å². The molecule has 0 bridgehead atoms. The van der Waals surface area contributed by atoms with E-state index >= 15 is 0 Å². The van der Waals surface area contributed by atoms with Crippen LogP contribution in [0.4, 0.5) is 0 Å². The second-order valence-corrected chi connectivity index (χ2v) is 5.17. The quantitative estimate of drug-likeness (QED) is 0.330. The average Bonchev–Trinajstić information content (AvgIpc) is 2.41. The number of ether oxygens (including phenoxy) is 2. The molecule has 0 aromatic carbocycles. The minimum absolute atomic E-state index is 0.184. The summed E-state index contributed by atoms with van der Waals surface area (Å²) in [6.45, 7) is 6.96. The smallest absolute Gasteiger partial charge is 0.305 e. The lowest BCUT2D eigenvalue weighted by Crippen LogP contribution is -2.10. The lowest BCUT2D eigenvalue weighted by atomic mass is 10.2. The molecule has 0 aliphatic heterocycles. The van der Waals surface area contributed by atoms with Gasteiger partial charge in [-0.3, -0.25) is 9.59 Å². The molecule has 0 aliphatic carbocycles. The number of carbonyl (C=O) groups is 2. The molecule has 0 rings (SSSR count). The molecule has 0 amide bonds. The van der Waals surface area contributed by atoms with Crippen LogP contribution in [0, 0.1) is 5.92 Å². The molecule has 116 valence electrons. The predicted molar refractivity (Wildman–Crippen MR) is 79.3 cm³/mol. The molecule has 0 aromatic heterocycles. The van der Waals surface area contributed by atoms with Gasteiger partial charge in [-0.1, -0.05) is 32.9 Å². The van der Waals surface area contributed by atoms with E-state index < -0.39 is 0 Å². The molecule has 0 radical (unpaired) electrons. The van der Waals surface area contributed by atoms with Crippen molar-refractivity contribution in [2.45, 2.75) is 59.3 Å². The van der Waals surface area contributed by atoms with Gasteiger partial charge in [0, 0.05) is 12.8 Å². The first-order valence-electron chi connectivity index (χ1n) is 7.52. The molecule has 20 heavy (non-hydrogen) atoms. The first kappa shape index (κ1) is 18.7. The summed E-state index contributed by atoms with van der Waals surface area (Å²) in [6, 6.07) is 0. The standard InChI is InChI=1S/C16H28O4/c1-4-5-6-9-12-19-15(17)10-7-8-11-16(18)20-13-14(2)3/h5-6,14H,4,7-13H2,1-3H3/b6-5+. The van der Waals surface area contributed by atoms with Crippen LogP contribution in [-0.4, -0.2) is 25.2 Å². The Balaban J connectivity index is 3.43. The molecule has 0 N–H and O–H groups in total. The number of allylic oxidation sites excluding steroid dienone is 1. The average molecular weight is 284 g/mol. The lowest BCUT2D eigenvalue weighted by Gasteiger charge is -2.07. The summed E-state index contributed by atoms with van der Waals surface area (Å²) >= 11 is 0. The highest BCUT2D eigenvalue weighted by atomic mass is 16.5. The van der Waals surface area contributed by atoms with Crippen LogP contribution in [0.3, 0.4) is 0 Å². The number of rotatable bonds is 11. The van der Waals surface area contributed by atoms with Crippen LogP contribution in [0.25, 0.3) is 0 Å². The SMILES string of the molecule is CC/C=C/CCOC(=O)CCCCC(=O)OCC(C)C. The highest BCUT2D eigenvalue weighted by molar-refractivity contribution is 5.70. The topological polar surface area (TPSA) is 52.6 Å². The van der Waals surface area contributed by atoms with Crippen molar-refractivity contribution < 1.29 is 19.1 Å². The van der Waals surface area contributed by atoms with Gasteiger partial charge in [0.1, 0.15) is 0 Å². The molecule has 0 unspecified atom stereocenters. The van der Waals surface area contributed by atoms with Crippen LogP contribution in [0.15, 0.2) is 12.2 Å². The first-order valence-corrected chi connectivity index (χ1v) is 7.52. The van der Waals surface area contributed by atoms with Crippen LogP contribution in [0.2, 0.25) is 0 Å². The van der Waals surface area contributed by atoms with Crippen LogP contribution >= 0.6 is 0 Å². The monoisotopic (exact) mass is 284 g/mol. The van der Waals surface area contributed by atoms with E-state index in [2.05, 4.69) is 13.0 Å². The summed E-state index contributed by atoms with van der Waals surface area (Å²) in [5.41, 5.74) is 0. The molecular weight excluding hydrogens is 256 g/mol. The van der Waals surface area contributed by atoms with E-state index in [0.29, 0.717) is 44.8 Å². The Morgan fingerprint density at radius 3 is 2.15 bits per heavy atom. The van der Waals surface area contributed by atoms with E-state index in [0.717, 1.165) is 12.8 Å². The molecule has 4 heteroatoms. The van der Waals surface area contributed by atoms with Gasteiger partial charge in [-0.25, -0.2) is 0 Å². The molecule has 0 fully saturated rings. The van der Waals surface area contributed by atoms with E-state index in [-0.39, 0.29) is 11.9 Å². The third kappa shape index (κ3) is 13.1. The van der Waals surface area contributed by atoms with Gasteiger partial charge in [0.05, 0.1) is 13.2 Å². The van der Waals surface area contributed by atoms with Gasteiger partial charge in [0.25, 0.3) is 0 Å². The fourth-order valence-electron chi connectivity index (χ4n) is 1.47. The second-order valence-electron chi connectivity index (χ2n) is 5.17. The van der Waals surface area contributed by atoms with Crippen molar-refractivity contribution in [1.82, 2.24) is 0 Å². The molecule has 0 spiro atoms. The third-order valence-electron chi connectivity index (χ3n) is 2.54. The van der Waals surface area contributed by atoms with E-state index in [1.54, 1.807) is 0 Å². The highest BCUT2D eigenvalue weighted by Crippen LogP contribution is 2.04. The van der Waals surface area contributed by atoms with Gasteiger partial charge in [-0.15, -0.1) is 0 Å². The Bertz CT molecular complexity index is 295. The Hall–Kier alpha value is -1.32. The first-order chi connectivity index (χ1) is 9.56. The Labute approximate surface area is 122 Å². The largest absolute Gasteiger partial charge is 0.465 e. The van der Waals surface area contributed by atoms with E-state index in [1.807, 2.05) is 19.9 Å².